The van der Waals surface area contributed by atoms with Crippen LogP contribution in [0.25, 0.3) is 0 Å². The van der Waals surface area contributed by atoms with Gasteiger partial charge in [0.25, 0.3) is 0 Å². The normalized spacial score (nSPS) is 12.6. The van der Waals surface area contributed by atoms with Gasteiger partial charge < -0.3 is 10.6 Å². The fraction of sp³-hybridized carbons (Fsp3) is 0.533. The molecule has 1 amide bonds. The Hall–Kier alpha value is -1.35. The second kappa shape index (κ2) is 6.55. The van der Waals surface area contributed by atoms with E-state index in [9.17, 15) is 4.79 Å². The van der Waals surface area contributed by atoms with E-state index in [-0.39, 0.29) is 5.91 Å². The summed E-state index contributed by atoms with van der Waals surface area (Å²) in [5, 5.41) is 0. The van der Waals surface area contributed by atoms with Crippen molar-refractivity contribution in [2.24, 2.45) is 11.7 Å². The van der Waals surface area contributed by atoms with Gasteiger partial charge in [-0.2, -0.15) is 0 Å². The Morgan fingerprint density at radius 2 is 1.83 bits per heavy atom. The smallest absolute Gasteiger partial charge is 0.243 e. The zero-order valence-corrected chi connectivity index (χ0v) is 11.8. The molecule has 3 heteroatoms. The lowest BCUT2D eigenvalue weighted by Crippen LogP contribution is -2.36. The first-order valence-corrected chi connectivity index (χ1v) is 6.49. The molecule has 1 aromatic rings. The van der Waals surface area contributed by atoms with Crippen molar-refractivity contribution in [3.63, 3.8) is 0 Å². The maximum absolute atomic E-state index is 12.1. The Labute approximate surface area is 110 Å². The van der Waals surface area contributed by atoms with E-state index in [0.29, 0.717) is 5.92 Å². The topological polar surface area (TPSA) is 46.3 Å². The van der Waals surface area contributed by atoms with Crippen molar-refractivity contribution in [1.82, 2.24) is 4.90 Å². The average Bonchev–Trinajstić information content (AvgIpc) is 2.35. The SMILES string of the molecule is Cc1ccc(C(N)C(=O)N(C)CCC(C)C)cc1. The van der Waals surface area contributed by atoms with Crippen LogP contribution in [0, 0.1) is 12.8 Å². The van der Waals surface area contributed by atoms with E-state index in [1.165, 1.54) is 5.56 Å². The highest BCUT2D eigenvalue weighted by atomic mass is 16.2. The molecule has 0 aliphatic rings. The Bertz CT molecular complexity index is 384. The quantitative estimate of drug-likeness (QED) is 0.870. The van der Waals surface area contributed by atoms with Crippen LogP contribution in [-0.2, 0) is 4.79 Å². The van der Waals surface area contributed by atoms with E-state index in [4.69, 9.17) is 5.73 Å². The van der Waals surface area contributed by atoms with Crippen LogP contribution in [0.15, 0.2) is 24.3 Å². The number of carbonyl (C=O) groups is 1. The van der Waals surface area contributed by atoms with Crippen molar-refractivity contribution in [3.8, 4) is 0 Å². The molecule has 100 valence electrons. The fourth-order valence-electron chi connectivity index (χ4n) is 1.72. The van der Waals surface area contributed by atoms with E-state index in [0.717, 1.165) is 18.5 Å². The predicted molar refractivity (Wildman–Crippen MR) is 75.2 cm³/mol. The lowest BCUT2D eigenvalue weighted by molar-refractivity contribution is -0.131. The van der Waals surface area contributed by atoms with Crippen LogP contribution in [0.5, 0.6) is 0 Å². The molecule has 0 saturated heterocycles. The third-order valence-electron chi connectivity index (χ3n) is 3.12. The Balaban J connectivity index is 2.62. The monoisotopic (exact) mass is 248 g/mol. The van der Waals surface area contributed by atoms with Gasteiger partial charge in [-0.15, -0.1) is 0 Å². The van der Waals surface area contributed by atoms with Crippen molar-refractivity contribution >= 4 is 5.91 Å². The molecule has 2 N–H and O–H groups in total. The molecular weight excluding hydrogens is 224 g/mol. The lowest BCUT2D eigenvalue weighted by Gasteiger charge is -2.22. The predicted octanol–water partition coefficient (Wildman–Crippen LogP) is 2.50. The highest BCUT2D eigenvalue weighted by Crippen LogP contribution is 2.14. The van der Waals surface area contributed by atoms with Gasteiger partial charge in [-0.1, -0.05) is 43.7 Å². The largest absolute Gasteiger partial charge is 0.344 e. The van der Waals surface area contributed by atoms with Gasteiger partial charge in [0.2, 0.25) is 5.91 Å². The zero-order chi connectivity index (χ0) is 13.7. The summed E-state index contributed by atoms with van der Waals surface area (Å²) in [6, 6.07) is 7.26. The van der Waals surface area contributed by atoms with Crippen LogP contribution in [0.4, 0.5) is 0 Å². The van der Waals surface area contributed by atoms with Gasteiger partial charge in [0.05, 0.1) is 0 Å². The van der Waals surface area contributed by atoms with Gasteiger partial charge in [-0.05, 0) is 24.8 Å². The molecule has 0 fully saturated rings. The van der Waals surface area contributed by atoms with Crippen LogP contribution in [0.1, 0.15) is 37.4 Å². The second-order valence-electron chi connectivity index (χ2n) is 5.33. The standard InChI is InChI=1S/C15H24N2O/c1-11(2)9-10-17(4)15(18)14(16)13-7-5-12(3)6-8-13/h5-8,11,14H,9-10,16H2,1-4H3. The highest BCUT2D eigenvalue weighted by Gasteiger charge is 2.19. The third-order valence-corrected chi connectivity index (χ3v) is 3.12. The van der Waals surface area contributed by atoms with Crippen molar-refractivity contribution in [3.05, 3.63) is 35.4 Å². The molecule has 1 aromatic carbocycles. The first-order chi connectivity index (χ1) is 8.41. The van der Waals surface area contributed by atoms with Crippen molar-refractivity contribution < 1.29 is 4.79 Å². The van der Waals surface area contributed by atoms with E-state index < -0.39 is 6.04 Å². The number of carbonyl (C=O) groups excluding carboxylic acids is 1. The summed E-state index contributed by atoms with van der Waals surface area (Å²) in [6.07, 6.45) is 1.00. The van der Waals surface area contributed by atoms with Gasteiger partial charge in [0, 0.05) is 13.6 Å². The first-order valence-electron chi connectivity index (χ1n) is 6.49. The van der Waals surface area contributed by atoms with Gasteiger partial charge >= 0.3 is 0 Å². The zero-order valence-electron chi connectivity index (χ0n) is 11.8. The maximum atomic E-state index is 12.1. The van der Waals surface area contributed by atoms with Crippen molar-refractivity contribution in [2.45, 2.75) is 33.2 Å². The summed E-state index contributed by atoms with van der Waals surface area (Å²) in [6.45, 7) is 7.08. The van der Waals surface area contributed by atoms with E-state index in [1.54, 1.807) is 4.90 Å². The van der Waals surface area contributed by atoms with Crippen molar-refractivity contribution in [1.29, 1.82) is 0 Å². The third kappa shape index (κ3) is 4.15. The van der Waals surface area contributed by atoms with Gasteiger partial charge in [0.1, 0.15) is 6.04 Å². The maximum Gasteiger partial charge on any atom is 0.243 e. The number of nitrogens with zero attached hydrogens (tertiary/aromatic N) is 1. The summed E-state index contributed by atoms with van der Waals surface area (Å²) < 4.78 is 0. The van der Waals surface area contributed by atoms with Gasteiger partial charge in [-0.3, -0.25) is 4.79 Å². The molecule has 1 atom stereocenters. The molecule has 0 aliphatic carbocycles. The number of aryl methyl sites for hydroxylation is 1. The minimum absolute atomic E-state index is 0.0143. The molecule has 1 rings (SSSR count). The Morgan fingerprint density at radius 3 is 2.33 bits per heavy atom. The minimum Gasteiger partial charge on any atom is -0.344 e. The number of hydrogen-bond acceptors (Lipinski definition) is 2. The molecule has 0 saturated carbocycles. The van der Waals surface area contributed by atoms with Crippen LogP contribution in [0.3, 0.4) is 0 Å². The Morgan fingerprint density at radius 1 is 1.28 bits per heavy atom. The molecule has 0 spiro atoms. The summed E-state index contributed by atoms with van der Waals surface area (Å²) in [4.78, 5) is 13.9. The van der Waals surface area contributed by atoms with E-state index in [1.807, 2.05) is 38.2 Å². The van der Waals surface area contributed by atoms with Gasteiger partial charge in [0.15, 0.2) is 0 Å². The number of rotatable bonds is 5. The minimum atomic E-state index is -0.553. The van der Waals surface area contributed by atoms with E-state index >= 15 is 0 Å². The molecule has 3 nitrogen and oxygen atoms in total. The van der Waals surface area contributed by atoms with Gasteiger partial charge in [-0.25, -0.2) is 0 Å². The van der Waals surface area contributed by atoms with Crippen LogP contribution in [-0.4, -0.2) is 24.4 Å². The molecule has 0 radical (unpaired) electrons. The van der Waals surface area contributed by atoms with Crippen LogP contribution in [0.2, 0.25) is 0 Å². The number of amides is 1. The van der Waals surface area contributed by atoms with Crippen molar-refractivity contribution in [2.75, 3.05) is 13.6 Å². The summed E-state index contributed by atoms with van der Waals surface area (Å²) >= 11 is 0. The molecular formula is C15H24N2O. The number of nitrogens with two attached hydrogens (primary N) is 1. The average molecular weight is 248 g/mol. The molecule has 0 aromatic heterocycles. The molecule has 0 bridgehead atoms. The molecule has 0 aliphatic heterocycles. The number of likely N-dealkylation sites (N-methyl/N-ethyl adjacent to an activating group) is 1. The Kier molecular flexibility index (Phi) is 5.35. The summed E-state index contributed by atoms with van der Waals surface area (Å²) in [7, 11) is 1.82. The number of benzene rings is 1. The van der Waals surface area contributed by atoms with E-state index in [2.05, 4.69) is 13.8 Å². The molecule has 0 heterocycles. The summed E-state index contributed by atoms with van der Waals surface area (Å²) in [5.74, 6) is 0.579. The first kappa shape index (κ1) is 14.7. The van der Waals surface area contributed by atoms with Crippen LogP contribution < -0.4 is 5.73 Å². The number of hydrogen-bond donors (Lipinski definition) is 1. The van der Waals surface area contributed by atoms with Crippen LogP contribution >= 0.6 is 0 Å². The summed E-state index contributed by atoms with van der Waals surface area (Å²) in [5.41, 5.74) is 8.05. The fourth-order valence-corrected chi connectivity index (χ4v) is 1.72. The molecule has 18 heavy (non-hydrogen) atoms. The lowest BCUT2D eigenvalue weighted by atomic mass is 10.0. The molecule has 1 unspecified atom stereocenters. The second-order valence-corrected chi connectivity index (χ2v) is 5.33. The highest BCUT2D eigenvalue weighted by molar-refractivity contribution is 5.82.